The van der Waals surface area contributed by atoms with Gasteiger partial charge in [0.25, 0.3) is 5.89 Å². The van der Waals surface area contributed by atoms with Gasteiger partial charge in [-0.25, -0.2) is 4.79 Å². The van der Waals surface area contributed by atoms with E-state index in [4.69, 9.17) is 9.26 Å². The maximum atomic E-state index is 14.0. The smallest absolute Gasteiger partial charge is 0.417 e. The predicted molar refractivity (Wildman–Crippen MR) is 138 cm³/mol. The Balaban J connectivity index is 1.61. The average molecular weight is 524 g/mol. The summed E-state index contributed by atoms with van der Waals surface area (Å²) in [5, 5.41) is 3.98. The summed E-state index contributed by atoms with van der Waals surface area (Å²) in [6.07, 6.45) is -5.04. The van der Waals surface area contributed by atoms with Gasteiger partial charge in [-0.2, -0.15) is 18.2 Å². The molecule has 38 heavy (non-hydrogen) atoms. The van der Waals surface area contributed by atoms with Gasteiger partial charge in [0.05, 0.1) is 5.56 Å². The first-order chi connectivity index (χ1) is 17.8. The molecule has 0 saturated heterocycles. The third-order valence-electron chi connectivity index (χ3n) is 5.74. The number of benzene rings is 3. The van der Waals surface area contributed by atoms with E-state index in [1.54, 1.807) is 83.3 Å². The van der Waals surface area contributed by atoms with E-state index in [1.165, 1.54) is 11.0 Å². The van der Waals surface area contributed by atoms with Crippen LogP contribution < -0.4 is 0 Å². The Morgan fingerprint density at radius 2 is 1.68 bits per heavy atom. The number of halogens is 3. The number of ether oxygens (including phenoxy) is 1. The standard InChI is InChI=1S/C29H28F3N3O3/c1-18-9-6-7-12-22(18)23-14-13-21(16-24(23)29(30,31)32)26-33-25(34-38-26)20-11-8-10-19(15-20)17-35(5)27(36)37-28(2,3)4/h6-16H,17H2,1-5H3. The Kier molecular flexibility index (Phi) is 7.31. The van der Waals surface area contributed by atoms with Gasteiger partial charge >= 0.3 is 12.3 Å². The number of carbonyl (C=O) groups excluding carboxylic acids is 1. The molecule has 0 aliphatic rings. The molecule has 0 aliphatic carbocycles. The number of nitrogens with zero attached hydrogens (tertiary/aromatic N) is 3. The van der Waals surface area contributed by atoms with E-state index in [2.05, 4.69) is 10.1 Å². The van der Waals surface area contributed by atoms with Crippen molar-refractivity contribution in [1.82, 2.24) is 15.0 Å². The molecule has 0 atom stereocenters. The van der Waals surface area contributed by atoms with Crippen molar-refractivity contribution in [3.8, 4) is 34.0 Å². The summed E-state index contributed by atoms with van der Waals surface area (Å²) >= 11 is 0. The molecule has 0 unspecified atom stereocenters. The Hall–Kier alpha value is -4.14. The number of aryl methyl sites for hydroxylation is 1. The number of hydrogen-bond donors (Lipinski definition) is 0. The van der Waals surface area contributed by atoms with Crippen molar-refractivity contribution in [2.45, 2.75) is 46.0 Å². The van der Waals surface area contributed by atoms with Gasteiger partial charge < -0.3 is 14.2 Å². The van der Waals surface area contributed by atoms with Gasteiger partial charge in [-0.1, -0.05) is 53.7 Å². The first-order valence-electron chi connectivity index (χ1n) is 12.0. The van der Waals surface area contributed by atoms with Crippen molar-refractivity contribution in [3.63, 3.8) is 0 Å². The second-order valence-corrected chi connectivity index (χ2v) is 10.0. The Labute approximate surface area is 219 Å². The zero-order valence-electron chi connectivity index (χ0n) is 21.8. The molecule has 4 aromatic rings. The SMILES string of the molecule is Cc1ccccc1-c1ccc(-c2nc(-c3cccc(CN(C)C(=O)OC(C)(C)C)c3)no2)cc1C(F)(F)F. The Morgan fingerprint density at radius 3 is 2.37 bits per heavy atom. The van der Waals surface area contributed by atoms with Gasteiger partial charge in [0.1, 0.15) is 5.60 Å². The summed E-state index contributed by atoms with van der Waals surface area (Å²) in [5.74, 6) is 0.191. The minimum Gasteiger partial charge on any atom is -0.444 e. The molecule has 9 heteroatoms. The molecular formula is C29H28F3N3O3. The van der Waals surface area contributed by atoms with Crippen LogP contribution in [0.4, 0.5) is 18.0 Å². The van der Waals surface area contributed by atoms with Crippen molar-refractivity contribution < 1.29 is 27.2 Å². The van der Waals surface area contributed by atoms with Crippen LogP contribution in [0, 0.1) is 6.92 Å². The van der Waals surface area contributed by atoms with Crippen LogP contribution in [0.15, 0.2) is 71.3 Å². The van der Waals surface area contributed by atoms with Gasteiger partial charge in [0.15, 0.2) is 0 Å². The summed E-state index contributed by atoms with van der Waals surface area (Å²) in [7, 11) is 1.63. The molecule has 0 radical (unpaired) electrons. The number of carbonyl (C=O) groups is 1. The lowest BCUT2D eigenvalue weighted by molar-refractivity contribution is -0.137. The van der Waals surface area contributed by atoms with E-state index in [-0.39, 0.29) is 29.4 Å². The summed E-state index contributed by atoms with van der Waals surface area (Å²) in [4.78, 5) is 18.1. The van der Waals surface area contributed by atoms with Crippen molar-refractivity contribution in [2.24, 2.45) is 0 Å². The lowest BCUT2D eigenvalue weighted by Gasteiger charge is -2.24. The second-order valence-electron chi connectivity index (χ2n) is 10.0. The monoisotopic (exact) mass is 523 g/mol. The van der Waals surface area contributed by atoms with Crippen LogP contribution in [0.5, 0.6) is 0 Å². The number of alkyl halides is 3. The van der Waals surface area contributed by atoms with Crippen LogP contribution in [0.1, 0.15) is 37.5 Å². The van der Waals surface area contributed by atoms with Crippen molar-refractivity contribution in [1.29, 1.82) is 0 Å². The Morgan fingerprint density at radius 1 is 0.947 bits per heavy atom. The van der Waals surface area contributed by atoms with Gasteiger partial charge in [0, 0.05) is 24.7 Å². The molecule has 1 aromatic heterocycles. The number of rotatable bonds is 5. The number of amides is 1. The number of aromatic nitrogens is 2. The second kappa shape index (κ2) is 10.3. The lowest BCUT2D eigenvalue weighted by atomic mass is 9.94. The van der Waals surface area contributed by atoms with Crippen LogP contribution in [0.2, 0.25) is 0 Å². The van der Waals surface area contributed by atoms with Crippen LogP contribution in [0.3, 0.4) is 0 Å². The summed E-state index contributed by atoms with van der Waals surface area (Å²) in [5.41, 5.74) is 1.49. The average Bonchev–Trinajstić information content (AvgIpc) is 3.33. The van der Waals surface area contributed by atoms with Crippen LogP contribution in [-0.4, -0.2) is 33.8 Å². The summed E-state index contributed by atoms with van der Waals surface area (Å²) in [6, 6.07) is 18.1. The third-order valence-corrected chi connectivity index (χ3v) is 5.74. The van der Waals surface area contributed by atoms with Crippen LogP contribution in [0.25, 0.3) is 34.0 Å². The zero-order chi connectivity index (χ0) is 27.7. The topological polar surface area (TPSA) is 68.5 Å². The fourth-order valence-corrected chi connectivity index (χ4v) is 3.97. The van der Waals surface area contributed by atoms with Crippen LogP contribution in [-0.2, 0) is 17.5 Å². The Bertz CT molecular complexity index is 1460. The molecule has 1 heterocycles. The maximum absolute atomic E-state index is 14.0. The van der Waals surface area contributed by atoms with Crippen molar-refractivity contribution in [3.05, 3.63) is 83.4 Å². The number of hydrogen-bond acceptors (Lipinski definition) is 5. The molecule has 198 valence electrons. The van der Waals surface area contributed by atoms with Gasteiger partial charge in [-0.3, -0.25) is 0 Å². The molecule has 0 N–H and O–H groups in total. The molecular weight excluding hydrogens is 495 g/mol. The molecule has 0 bridgehead atoms. The predicted octanol–water partition coefficient (Wildman–Crippen LogP) is 7.76. The fraction of sp³-hybridized carbons (Fsp3) is 0.276. The largest absolute Gasteiger partial charge is 0.444 e. The quantitative estimate of drug-likeness (QED) is 0.267. The molecule has 0 aliphatic heterocycles. The van der Waals surface area contributed by atoms with Gasteiger partial charge in [0.2, 0.25) is 5.82 Å². The van der Waals surface area contributed by atoms with Crippen molar-refractivity contribution >= 4 is 6.09 Å². The summed E-state index contributed by atoms with van der Waals surface area (Å²) in [6.45, 7) is 7.43. The van der Waals surface area contributed by atoms with E-state index in [0.29, 0.717) is 11.1 Å². The minimum atomic E-state index is -4.58. The van der Waals surface area contributed by atoms with E-state index in [0.717, 1.165) is 17.2 Å². The highest BCUT2D eigenvalue weighted by Crippen LogP contribution is 2.40. The highest BCUT2D eigenvalue weighted by molar-refractivity contribution is 5.74. The first kappa shape index (κ1) is 26.9. The maximum Gasteiger partial charge on any atom is 0.417 e. The van der Waals surface area contributed by atoms with Crippen LogP contribution >= 0.6 is 0 Å². The highest BCUT2D eigenvalue weighted by atomic mass is 19.4. The molecule has 0 saturated carbocycles. The molecule has 6 nitrogen and oxygen atoms in total. The highest BCUT2D eigenvalue weighted by Gasteiger charge is 2.35. The molecule has 1 amide bonds. The molecule has 0 fully saturated rings. The van der Waals surface area contributed by atoms with Gasteiger partial charge in [-0.05, 0) is 68.1 Å². The van der Waals surface area contributed by atoms with Gasteiger partial charge in [-0.15, -0.1) is 0 Å². The summed E-state index contributed by atoms with van der Waals surface area (Å²) < 4.78 is 52.8. The third kappa shape index (κ3) is 6.22. The van der Waals surface area contributed by atoms with E-state index < -0.39 is 23.4 Å². The lowest BCUT2D eigenvalue weighted by Crippen LogP contribution is -2.33. The molecule has 4 rings (SSSR count). The molecule has 3 aromatic carbocycles. The zero-order valence-corrected chi connectivity index (χ0v) is 21.8. The van der Waals surface area contributed by atoms with E-state index >= 15 is 0 Å². The van der Waals surface area contributed by atoms with E-state index in [9.17, 15) is 18.0 Å². The normalized spacial score (nSPS) is 11.9. The van der Waals surface area contributed by atoms with E-state index in [1.807, 2.05) is 6.07 Å². The fourth-order valence-electron chi connectivity index (χ4n) is 3.97. The minimum absolute atomic E-state index is 0.0295. The molecule has 0 spiro atoms. The first-order valence-corrected chi connectivity index (χ1v) is 12.0. The van der Waals surface area contributed by atoms with Crippen molar-refractivity contribution in [2.75, 3.05) is 7.05 Å².